The number of aliphatic hydroxyl groups excluding tert-OH is 1. The molecule has 6 heteroatoms. The first-order chi connectivity index (χ1) is 8.60. The van der Waals surface area contributed by atoms with Crippen molar-refractivity contribution in [1.82, 2.24) is 4.90 Å². The first-order valence-corrected chi connectivity index (χ1v) is 5.92. The molecule has 1 amide bonds. The number of aliphatic hydroxyl groups is 1. The molecule has 0 radical (unpaired) electrons. The summed E-state index contributed by atoms with van der Waals surface area (Å²) in [6.45, 7) is 0.901. The lowest BCUT2D eigenvalue weighted by Crippen LogP contribution is -2.36. The van der Waals surface area contributed by atoms with Crippen LogP contribution in [0.3, 0.4) is 0 Å². The molecule has 0 aliphatic carbocycles. The van der Waals surface area contributed by atoms with Crippen LogP contribution in [0.5, 0.6) is 0 Å². The zero-order valence-electron chi connectivity index (χ0n) is 10.2. The third-order valence-electron chi connectivity index (χ3n) is 2.47. The lowest BCUT2D eigenvalue weighted by molar-refractivity contribution is 0.0657. The highest BCUT2D eigenvalue weighted by Crippen LogP contribution is 2.19. The molecular formula is C12H17ClN2O3. The van der Waals surface area contributed by atoms with E-state index in [9.17, 15) is 4.79 Å². The van der Waals surface area contributed by atoms with Crippen LogP contribution < -0.4 is 5.73 Å². The number of nitrogens with two attached hydrogens (primary N) is 1. The number of nitrogen functional groups attached to an aromatic ring is 1. The fourth-order valence-corrected chi connectivity index (χ4v) is 1.69. The maximum absolute atomic E-state index is 12.2. The number of anilines is 1. The second-order valence-electron chi connectivity index (χ2n) is 3.74. The number of amides is 1. The minimum Gasteiger partial charge on any atom is -0.398 e. The normalized spacial score (nSPS) is 10.4. The fraction of sp³-hybridized carbons (Fsp3) is 0.417. The summed E-state index contributed by atoms with van der Waals surface area (Å²) in [4.78, 5) is 13.7. The fourth-order valence-electron chi connectivity index (χ4n) is 1.52. The smallest absolute Gasteiger partial charge is 0.256 e. The van der Waals surface area contributed by atoms with Gasteiger partial charge < -0.3 is 20.5 Å². The Kier molecular flexibility index (Phi) is 5.91. The standard InChI is InChI=1S/C12H17ClN2O3/c1-18-7-5-15(4-6-16)12(17)10-8-9(13)2-3-11(10)14/h2-3,8,16H,4-7,14H2,1H3. The predicted octanol–water partition coefficient (Wildman–Crippen LogP) is 1.00. The summed E-state index contributed by atoms with van der Waals surface area (Å²) in [5.41, 5.74) is 6.46. The minimum absolute atomic E-state index is 0.115. The van der Waals surface area contributed by atoms with Crippen molar-refractivity contribution in [3.05, 3.63) is 28.8 Å². The van der Waals surface area contributed by atoms with Gasteiger partial charge in [-0.25, -0.2) is 0 Å². The first kappa shape index (κ1) is 14.8. The molecule has 0 aliphatic heterocycles. The van der Waals surface area contributed by atoms with E-state index in [2.05, 4.69) is 0 Å². The molecule has 3 N–H and O–H groups in total. The van der Waals surface area contributed by atoms with Crippen LogP contribution in [0.25, 0.3) is 0 Å². The Balaban J connectivity index is 2.90. The van der Waals surface area contributed by atoms with Gasteiger partial charge in [-0.3, -0.25) is 4.79 Å². The lowest BCUT2D eigenvalue weighted by atomic mass is 10.1. The van der Waals surface area contributed by atoms with Gasteiger partial charge in [-0.05, 0) is 18.2 Å². The molecule has 0 atom stereocenters. The number of hydrogen-bond acceptors (Lipinski definition) is 4. The van der Waals surface area contributed by atoms with Gasteiger partial charge in [-0.1, -0.05) is 11.6 Å². The highest BCUT2D eigenvalue weighted by atomic mass is 35.5. The zero-order valence-corrected chi connectivity index (χ0v) is 11.0. The molecule has 0 aromatic heterocycles. The number of benzene rings is 1. The van der Waals surface area contributed by atoms with E-state index in [-0.39, 0.29) is 19.1 Å². The van der Waals surface area contributed by atoms with Crippen molar-refractivity contribution in [2.45, 2.75) is 0 Å². The predicted molar refractivity (Wildman–Crippen MR) is 70.7 cm³/mol. The molecule has 0 fully saturated rings. The number of carbonyl (C=O) groups is 1. The van der Waals surface area contributed by atoms with E-state index in [1.54, 1.807) is 19.2 Å². The third-order valence-corrected chi connectivity index (χ3v) is 2.70. The number of nitrogens with zero attached hydrogens (tertiary/aromatic N) is 1. The van der Waals surface area contributed by atoms with Crippen LogP contribution in [-0.2, 0) is 4.74 Å². The van der Waals surface area contributed by atoms with Gasteiger partial charge in [0.1, 0.15) is 0 Å². The van der Waals surface area contributed by atoms with Crippen LogP contribution in [0.2, 0.25) is 5.02 Å². The average Bonchev–Trinajstić information content (AvgIpc) is 2.36. The Bertz CT molecular complexity index is 412. The van der Waals surface area contributed by atoms with Gasteiger partial charge in [0.15, 0.2) is 0 Å². The van der Waals surface area contributed by atoms with E-state index in [4.69, 9.17) is 27.2 Å². The highest BCUT2D eigenvalue weighted by molar-refractivity contribution is 6.31. The molecule has 100 valence electrons. The molecule has 0 unspecified atom stereocenters. The summed E-state index contributed by atoms with van der Waals surface area (Å²) < 4.78 is 4.93. The molecule has 18 heavy (non-hydrogen) atoms. The lowest BCUT2D eigenvalue weighted by Gasteiger charge is -2.22. The summed E-state index contributed by atoms with van der Waals surface area (Å²) >= 11 is 5.85. The molecule has 1 rings (SSSR count). The number of halogens is 1. The topological polar surface area (TPSA) is 75.8 Å². The summed E-state index contributed by atoms with van der Waals surface area (Å²) in [5.74, 6) is -0.263. The number of methoxy groups -OCH3 is 1. The molecule has 0 saturated heterocycles. The number of ether oxygens (including phenoxy) is 1. The maximum atomic E-state index is 12.2. The second kappa shape index (κ2) is 7.20. The van der Waals surface area contributed by atoms with Crippen molar-refractivity contribution in [2.75, 3.05) is 39.1 Å². The Labute approximate surface area is 111 Å². The zero-order chi connectivity index (χ0) is 13.5. The third kappa shape index (κ3) is 3.87. The molecule has 1 aromatic carbocycles. The summed E-state index contributed by atoms with van der Waals surface area (Å²) in [5, 5.41) is 9.41. The molecule has 0 heterocycles. The maximum Gasteiger partial charge on any atom is 0.256 e. The Morgan fingerprint density at radius 1 is 1.50 bits per heavy atom. The van der Waals surface area contributed by atoms with Crippen molar-refractivity contribution in [2.24, 2.45) is 0 Å². The van der Waals surface area contributed by atoms with Gasteiger partial charge in [-0.15, -0.1) is 0 Å². The van der Waals surface area contributed by atoms with E-state index < -0.39 is 0 Å². The van der Waals surface area contributed by atoms with Crippen LogP contribution in [0.15, 0.2) is 18.2 Å². The monoisotopic (exact) mass is 272 g/mol. The molecule has 1 aromatic rings. The molecule has 0 saturated carbocycles. The SMILES string of the molecule is COCCN(CCO)C(=O)c1cc(Cl)ccc1N. The van der Waals surface area contributed by atoms with Gasteiger partial charge in [0.25, 0.3) is 5.91 Å². The van der Waals surface area contributed by atoms with Crippen LogP contribution in [-0.4, -0.2) is 49.3 Å². The minimum atomic E-state index is -0.263. The Morgan fingerprint density at radius 2 is 2.22 bits per heavy atom. The quantitative estimate of drug-likeness (QED) is 0.758. The highest BCUT2D eigenvalue weighted by Gasteiger charge is 2.17. The number of carbonyl (C=O) groups excluding carboxylic acids is 1. The van der Waals surface area contributed by atoms with E-state index in [0.29, 0.717) is 29.4 Å². The summed E-state index contributed by atoms with van der Waals surface area (Å²) in [7, 11) is 1.55. The van der Waals surface area contributed by atoms with Crippen molar-refractivity contribution in [3.8, 4) is 0 Å². The van der Waals surface area contributed by atoms with E-state index in [1.807, 2.05) is 0 Å². The van der Waals surface area contributed by atoms with Crippen molar-refractivity contribution in [1.29, 1.82) is 0 Å². The van der Waals surface area contributed by atoms with Gasteiger partial charge in [0.05, 0.1) is 18.8 Å². The number of rotatable bonds is 6. The summed E-state index contributed by atoms with van der Waals surface area (Å²) in [6.07, 6.45) is 0. The van der Waals surface area contributed by atoms with Gasteiger partial charge in [-0.2, -0.15) is 0 Å². The van der Waals surface area contributed by atoms with E-state index in [1.165, 1.54) is 11.0 Å². The van der Waals surface area contributed by atoms with Crippen molar-refractivity contribution in [3.63, 3.8) is 0 Å². The Morgan fingerprint density at radius 3 is 2.83 bits per heavy atom. The first-order valence-electron chi connectivity index (χ1n) is 5.54. The number of hydrogen-bond donors (Lipinski definition) is 2. The van der Waals surface area contributed by atoms with E-state index >= 15 is 0 Å². The molecule has 0 spiro atoms. The molecule has 0 bridgehead atoms. The molecule has 5 nitrogen and oxygen atoms in total. The summed E-state index contributed by atoms with van der Waals surface area (Å²) in [6, 6.07) is 4.73. The van der Waals surface area contributed by atoms with Gasteiger partial charge in [0, 0.05) is 30.9 Å². The van der Waals surface area contributed by atoms with Crippen LogP contribution in [0.4, 0.5) is 5.69 Å². The van der Waals surface area contributed by atoms with Gasteiger partial charge >= 0.3 is 0 Å². The van der Waals surface area contributed by atoms with Crippen molar-refractivity contribution >= 4 is 23.2 Å². The van der Waals surface area contributed by atoms with Crippen LogP contribution in [0.1, 0.15) is 10.4 Å². The second-order valence-corrected chi connectivity index (χ2v) is 4.18. The molecular weight excluding hydrogens is 256 g/mol. The molecule has 0 aliphatic rings. The largest absolute Gasteiger partial charge is 0.398 e. The van der Waals surface area contributed by atoms with Crippen LogP contribution in [0, 0.1) is 0 Å². The van der Waals surface area contributed by atoms with Crippen molar-refractivity contribution < 1.29 is 14.6 Å². The average molecular weight is 273 g/mol. The Hall–Kier alpha value is -1.30. The van der Waals surface area contributed by atoms with Crippen LogP contribution >= 0.6 is 11.6 Å². The van der Waals surface area contributed by atoms with Gasteiger partial charge in [0.2, 0.25) is 0 Å². The van der Waals surface area contributed by atoms with E-state index in [0.717, 1.165) is 0 Å².